The molecule has 0 saturated heterocycles. The molecular weight excluding hydrogens is 182 g/mol. The summed E-state index contributed by atoms with van der Waals surface area (Å²) in [6, 6.07) is -0.199. The molecule has 0 unspecified atom stereocenters. The van der Waals surface area contributed by atoms with E-state index < -0.39 is 0 Å². The lowest BCUT2D eigenvalue weighted by Crippen LogP contribution is -2.36. The second-order valence-corrected chi connectivity index (χ2v) is 3.12. The molecule has 0 rings (SSSR count). The van der Waals surface area contributed by atoms with Crippen molar-refractivity contribution >= 4 is 11.9 Å². The van der Waals surface area contributed by atoms with E-state index in [1.807, 2.05) is 20.3 Å². The molecule has 1 atom stereocenters. The number of carbonyl (C=O) groups is 2. The first kappa shape index (κ1) is 12.7. The molecule has 0 aliphatic carbocycles. The van der Waals surface area contributed by atoms with Crippen LogP contribution in [0.25, 0.3) is 0 Å². The van der Waals surface area contributed by atoms with Crippen LogP contribution in [0, 0.1) is 12.3 Å². The van der Waals surface area contributed by atoms with Crippen LogP contribution in [0.3, 0.4) is 0 Å². The van der Waals surface area contributed by atoms with Gasteiger partial charge in [-0.05, 0) is 19.3 Å². The Labute approximate surface area is 84.4 Å². The number of primary amides is 1. The van der Waals surface area contributed by atoms with Gasteiger partial charge in [0.25, 0.3) is 0 Å². The van der Waals surface area contributed by atoms with Gasteiger partial charge in [-0.25, -0.2) is 4.79 Å². The largest absolute Gasteiger partial charge is 0.370 e. The van der Waals surface area contributed by atoms with Crippen molar-refractivity contribution in [2.45, 2.75) is 20.3 Å². The Hall–Kier alpha value is -1.26. The highest BCUT2D eigenvalue weighted by Crippen LogP contribution is 2.03. The van der Waals surface area contributed by atoms with E-state index in [1.54, 1.807) is 0 Å². The Morgan fingerprint density at radius 2 is 2.07 bits per heavy atom. The highest BCUT2D eigenvalue weighted by atomic mass is 16.2. The quantitative estimate of drug-likeness (QED) is 0.564. The molecule has 0 aromatic carbocycles. The molecule has 0 fully saturated rings. The van der Waals surface area contributed by atoms with Gasteiger partial charge in [0.1, 0.15) is 0 Å². The van der Waals surface area contributed by atoms with E-state index in [-0.39, 0.29) is 17.9 Å². The average Bonchev–Trinajstić information content (AvgIpc) is 2.02. The van der Waals surface area contributed by atoms with Crippen LogP contribution >= 0.6 is 0 Å². The molecule has 0 aromatic heterocycles. The van der Waals surface area contributed by atoms with Gasteiger partial charge in [-0.15, -0.1) is 0 Å². The van der Waals surface area contributed by atoms with Crippen molar-refractivity contribution in [3.8, 4) is 0 Å². The van der Waals surface area contributed by atoms with E-state index in [9.17, 15) is 9.59 Å². The summed E-state index contributed by atoms with van der Waals surface area (Å²) in [5, 5.41) is 5.23. The van der Waals surface area contributed by atoms with Crippen molar-refractivity contribution in [2.75, 3.05) is 13.1 Å². The number of carbonyl (C=O) groups excluding carboxylic acids is 2. The normalized spacial score (nSPS) is 11.9. The molecule has 0 heterocycles. The van der Waals surface area contributed by atoms with Gasteiger partial charge in [-0.2, -0.15) is 0 Å². The van der Waals surface area contributed by atoms with Crippen molar-refractivity contribution < 1.29 is 9.59 Å². The van der Waals surface area contributed by atoms with Crippen molar-refractivity contribution in [3.05, 3.63) is 6.42 Å². The van der Waals surface area contributed by atoms with Crippen molar-refractivity contribution in [3.63, 3.8) is 0 Å². The van der Waals surface area contributed by atoms with Crippen LogP contribution in [0.5, 0.6) is 0 Å². The van der Waals surface area contributed by atoms with Gasteiger partial charge in [0.05, 0.1) is 0 Å². The third-order valence-electron chi connectivity index (χ3n) is 1.64. The minimum Gasteiger partial charge on any atom is -0.370 e. The highest BCUT2D eigenvalue weighted by Gasteiger charge is 2.06. The molecule has 0 bridgehead atoms. The maximum atomic E-state index is 10.9. The number of nitrogens with one attached hydrogen (secondary N) is 2. The molecule has 5 nitrogen and oxygen atoms in total. The molecule has 4 N–H and O–H groups in total. The van der Waals surface area contributed by atoms with E-state index >= 15 is 0 Å². The Bertz CT molecular complexity index is 194. The monoisotopic (exact) mass is 200 g/mol. The molecular formula is C9H18N3O2. The lowest BCUT2D eigenvalue weighted by molar-refractivity contribution is -0.118. The first-order valence-corrected chi connectivity index (χ1v) is 4.69. The van der Waals surface area contributed by atoms with Crippen LogP contribution in [0.2, 0.25) is 0 Å². The fourth-order valence-corrected chi connectivity index (χ4v) is 0.977. The van der Waals surface area contributed by atoms with Gasteiger partial charge in [0.2, 0.25) is 5.91 Å². The van der Waals surface area contributed by atoms with E-state index in [0.717, 1.165) is 0 Å². The van der Waals surface area contributed by atoms with Gasteiger partial charge in [0, 0.05) is 19.5 Å². The van der Waals surface area contributed by atoms with Crippen LogP contribution in [0.4, 0.5) is 4.79 Å². The maximum Gasteiger partial charge on any atom is 0.314 e. The number of urea groups is 1. The molecule has 3 amide bonds. The van der Waals surface area contributed by atoms with E-state index in [0.29, 0.717) is 19.5 Å². The van der Waals surface area contributed by atoms with Crippen LogP contribution in [0.1, 0.15) is 20.3 Å². The van der Waals surface area contributed by atoms with Crippen molar-refractivity contribution in [1.29, 1.82) is 0 Å². The zero-order valence-corrected chi connectivity index (χ0v) is 8.67. The predicted octanol–water partition coefficient (Wildman–Crippen LogP) is 0.0213. The zero-order valence-electron chi connectivity index (χ0n) is 8.67. The number of rotatable bonds is 6. The molecule has 0 aliphatic heterocycles. The Morgan fingerprint density at radius 3 is 2.57 bits per heavy atom. The minimum absolute atomic E-state index is 0.0921. The lowest BCUT2D eigenvalue weighted by atomic mass is 10.0. The van der Waals surface area contributed by atoms with Crippen LogP contribution < -0.4 is 16.4 Å². The SMILES string of the molecule is CCNC(=O)NC[CH][C@H](C)CC(N)=O. The topological polar surface area (TPSA) is 84.2 Å². The standard InChI is InChI=1S/C9H18N3O2/c1-3-11-9(14)12-5-4-7(2)6-8(10)13/h4,7H,3,5-6H2,1-2H3,(H2,10,13)(H2,11,12,14)/t7-/m0/s1. The molecule has 0 aliphatic rings. The third-order valence-corrected chi connectivity index (χ3v) is 1.64. The summed E-state index contributed by atoms with van der Waals surface area (Å²) >= 11 is 0. The van der Waals surface area contributed by atoms with Crippen LogP contribution in [0.15, 0.2) is 0 Å². The fraction of sp³-hybridized carbons (Fsp3) is 0.667. The van der Waals surface area contributed by atoms with Gasteiger partial charge >= 0.3 is 6.03 Å². The Morgan fingerprint density at radius 1 is 1.43 bits per heavy atom. The predicted molar refractivity (Wildman–Crippen MR) is 54.4 cm³/mol. The van der Waals surface area contributed by atoms with Crippen molar-refractivity contribution in [2.24, 2.45) is 11.7 Å². The molecule has 81 valence electrons. The molecule has 1 radical (unpaired) electrons. The van der Waals surface area contributed by atoms with E-state index in [1.165, 1.54) is 0 Å². The van der Waals surface area contributed by atoms with E-state index in [2.05, 4.69) is 10.6 Å². The number of hydrogen-bond acceptors (Lipinski definition) is 2. The smallest absolute Gasteiger partial charge is 0.314 e. The molecule has 0 aromatic rings. The summed E-state index contributed by atoms with van der Waals surface area (Å²) in [4.78, 5) is 21.4. The summed E-state index contributed by atoms with van der Waals surface area (Å²) in [7, 11) is 0. The first-order chi connectivity index (χ1) is 6.56. The van der Waals surface area contributed by atoms with E-state index in [4.69, 9.17) is 5.73 Å². The van der Waals surface area contributed by atoms with Gasteiger partial charge < -0.3 is 16.4 Å². The maximum absolute atomic E-state index is 10.9. The summed E-state index contributed by atoms with van der Waals surface area (Å²) < 4.78 is 0. The second kappa shape index (κ2) is 7.17. The summed E-state index contributed by atoms with van der Waals surface area (Å²) in [6.07, 6.45) is 2.16. The molecule has 5 heteroatoms. The van der Waals surface area contributed by atoms with Gasteiger partial charge in [-0.3, -0.25) is 4.79 Å². The molecule has 0 spiro atoms. The second-order valence-electron chi connectivity index (χ2n) is 3.12. The third kappa shape index (κ3) is 7.39. The minimum atomic E-state index is -0.327. The Kier molecular flexibility index (Phi) is 6.53. The zero-order chi connectivity index (χ0) is 11.0. The van der Waals surface area contributed by atoms with Crippen molar-refractivity contribution in [1.82, 2.24) is 10.6 Å². The first-order valence-electron chi connectivity index (χ1n) is 4.69. The van der Waals surface area contributed by atoms with Crippen LogP contribution in [-0.2, 0) is 4.79 Å². The lowest BCUT2D eigenvalue weighted by Gasteiger charge is -2.09. The van der Waals surface area contributed by atoms with Crippen LogP contribution in [-0.4, -0.2) is 25.0 Å². The van der Waals surface area contributed by atoms with Gasteiger partial charge in [-0.1, -0.05) is 6.92 Å². The molecule has 0 saturated carbocycles. The summed E-state index contributed by atoms with van der Waals surface area (Å²) in [5.41, 5.74) is 5.01. The number of hydrogen-bond donors (Lipinski definition) is 3. The fourth-order valence-electron chi connectivity index (χ4n) is 0.977. The molecule has 14 heavy (non-hydrogen) atoms. The number of nitrogens with two attached hydrogens (primary N) is 1. The highest BCUT2D eigenvalue weighted by molar-refractivity contribution is 5.74. The van der Waals surface area contributed by atoms with Gasteiger partial charge in [0.15, 0.2) is 0 Å². The summed E-state index contributed by atoms with van der Waals surface area (Å²) in [6.45, 7) is 4.77. The average molecular weight is 200 g/mol. The number of amides is 3. The Balaban J connectivity index is 3.43. The summed E-state index contributed by atoms with van der Waals surface area (Å²) in [5.74, 6) is -0.235.